The average molecular weight is 509 g/mol. The van der Waals surface area contributed by atoms with E-state index in [1.54, 1.807) is 6.08 Å². The molecule has 2 unspecified atom stereocenters. The number of hydrogen-bond acceptors (Lipinski definition) is 5. The minimum absolute atomic E-state index is 0.0403. The van der Waals surface area contributed by atoms with Gasteiger partial charge in [0.05, 0.1) is 23.2 Å². The van der Waals surface area contributed by atoms with Crippen molar-refractivity contribution in [2.24, 2.45) is 0 Å². The molecule has 7 atom stereocenters. The van der Waals surface area contributed by atoms with Crippen molar-refractivity contribution < 1.29 is 9.53 Å². The van der Waals surface area contributed by atoms with E-state index in [9.17, 15) is 4.79 Å². The molecule has 2 aromatic carbocycles. The van der Waals surface area contributed by atoms with Gasteiger partial charge in [0.2, 0.25) is 5.91 Å². The van der Waals surface area contributed by atoms with Crippen LogP contribution in [0.4, 0.5) is 11.4 Å². The number of nitrogens with one attached hydrogen (secondary N) is 1. The molecule has 3 fully saturated rings. The molecule has 1 amide bonds. The van der Waals surface area contributed by atoms with Crippen LogP contribution in [0.3, 0.4) is 0 Å². The Morgan fingerprint density at radius 2 is 1.84 bits per heavy atom. The molecule has 6 aliphatic rings. The Morgan fingerprint density at radius 1 is 1.05 bits per heavy atom. The second-order valence-corrected chi connectivity index (χ2v) is 12.5. The highest BCUT2D eigenvalue weighted by Gasteiger charge is 2.77. The lowest BCUT2D eigenvalue weighted by Crippen LogP contribution is -2.73. The molecule has 0 radical (unpaired) electrons. The molecule has 6 heterocycles. The van der Waals surface area contributed by atoms with E-state index in [-0.39, 0.29) is 46.8 Å². The Labute approximate surface area is 224 Å². The molecule has 38 heavy (non-hydrogen) atoms. The lowest BCUT2D eigenvalue weighted by atomic mass is 9.50. The summed E-state index contributed by atoms with van der Waals surface area (Å²) in [6, 6.07) is 15.9. The third-order valence-corrected chi connectivity index (χ3v) is 10.7. The molecule has 0 saturated carbocycles. The maximum Gasteiger partial charge on any atom is 0.247 e. The van der Waals surface area contributed by atoms with Gasteiger partial charge in [-0.15, -0.1) is 0 Å². The maximum absolute atomic E-state index is 13.9. The number of fused-ring (bicyclic) bond motifs is 1. The predicted octanol–water partition coefficient (Wildman–Crippen LogP) is 4.69. The summed E-state index contributed by atoms with van der Waals surface area (Å²) in [6.07, 6.45) is 9.76. The van der Waals surface area contributed by atoms with Gasteiger partial charge in [-0.1, -0.05) is 48.6 Å². The van der Waals surface area contributed by atoms with Crippen LogP contribution in [0.15, 0.2) is 66.8 Å². The Kier molecular flexibility index (Phi) is 4.39. The Bertz CT molecular complexity index is 1430. The molecular weight excluding hydrogens is 472 g/mol. The molecule has 0 aromatic heterocycles. The second kappa shape index (κ2) is 7.30. The number of amides is 1. The molecule has 1 N–H and O–H groups in total. The number of anilines is 2. The van der Waals surface area contributed by atoms with Gasteiger partial charge in [0.1, 0.15) is 12.3 Å². The van der Waals surface area contributed by atoms with Gasteiger partial charge in [0.15, 0.2) is 0 Å². The van der Waals surface area contributed by atoms with Crippen molar-refractivity contribution >= 4 is 17.3 Å². The highest BCUT2D eigenvalue weighted by atomic mass is 16.6. The van der Waals surface area contributed by atoms with Gasteiger partial charge in [-0.05, 0) is 62.4 Å². The number of para-hydroxylation sites is 1. The van der Waals surface area contributed by atoms with Crippen LogP contribution >= 0.6 is 0 Å². The highest BCUT2D eigenvalue weighted by Crippen LogP contribution is 2.72. The van der Waals surface area contributed by atoms with Crippen LogP contribution in [-0.2, 0) is 20.4 Å². The van der Waals surface area contributed by atoms with Crippen LogP contribution in [0.1, 0.15) is 56.3 Å². The Balaban J connectivity index is 1.44. The summed E-state index contributed by atoms with van der Waals surface area (Å²) in [5.41, 5.74) is 6.27. The van der Waals surface area contributed by atoms with E-state index in [4.69, 9.17) is 4.74 Å². The van der Waals surface area contributed by atoms with Crippen molar-refractivity contribution in [1.82, 2.24) is 9.80 Å². The predicted molar refractivity (Wildman–Crippen MR) is 149 cm³/mol. The van der Waals surface area contributed by atoms with E-state index in [0.717, 1.165) is 25.9 Å². The number of carbonyl (C=O) groups is 1. The molecule has 6 aliphatic heterocycles. The number of hydrogen-bond donors (Lipinski definition) is 1. The third kappa shape index (κ3) is 2.45. The smallest absolute Gasteiger partial charge is 0.247 e. The first-order chi connectivity index (χ1) is 18.4. The molecule has 3 saturated heterocycles. The first kappa shape index (κ1) is 22.9. The standard InChI is InChI=1S/C32H36N4O2/c1-5-6-7-15-24(37)35-18-16-31-21-12-8-9-13-22(21)33-28-32(31)17-19-36(29(31)35)26(27-30(2,3)38-27)20-11-10-14-23(25(20)32)34(28)4/h5-15,26-29,33H,16-19H2,1-4H3/t26-,27?,28+,29+,31-,32-/m1/s1. The van der Waals surface area contributed by atoms with Crippen LogP contribution in [0, 0.1) is 0 Å². The molecular formula is C32H36N4O2. The number of likely N-dealkylation sites (tertiary alicyclic amines) is 1. The van der Waals surface area contributed by atoms with Gasteiger partial charge in [-0.25, -0.2) is 0 Å². The summed E-state index contributed by atoms with van der Waals surface area (Å²) in [7, 11) is 2.25. The average Bonchev–Trinajstić information content (AvgIpc) is 3.31. The summed E-state index contributed by atoms with van der Waals surface area (Å²) >= 11 is 0. The van der Waals surface area contributed by atoms with E-state index in [0.29, 0.717) is 0 Å². The summed E-state index contributed by atoms with van der Waals surface area (Å²) in [4.78, 5) is 21.3. The second-order valence-electron chi connectivity index (χ2n) is 12.5. The van der Waals surface area contributed by atoms with Gasteiger partial charge in [-0.3, -0.25) is 9.69 Å². The molecule has 6 heteroatoms. The number of ether oxygens (including phenoxy) is 1. The molecule has 196 valence electrons. The number of carbonyl (C=O) groups excluding carboxylic acids is 1. The number of likely N-dealkylation sites (N-methyl/N-ethyl adjacent to an activating group) is 1. The van der Waals surface area contributed by atoms with E-state index in [2.05, 4.69) is 83.4 Å². The zero-order valence-electron chi connectivity index (χ0n) is 22.6. The normalized spacial score (nSPS) is 38.7. The van der Waals surface area contributed by atoms with E-state index in [1.165, 1.54) is 28.1 Å². The number of rotatable bonds is 3. The number of allylic oxidation sites excluding steroid dienone is 3. The fourth-order valence-corrected chi connectivity index (χ4v) is 9.30. The van der Waals surface area contributed by atoms with Gasteiger partial charge >= 0.3 is 0 Å². The van der Waals surface area contributed by atoms with Crippen molar-refractivity contribution in [3.8, 4) is 0 Å². The highest BCUT2D eigenvalue weighted by molar-refractivity contribution is 5.89. The van der Waals surface area contributed by atoms with Crippen LogP contribution in [-0.4, -0.2) is 59.9 Å². The fourth-order valence-electron chi connectivity index (χ4n) is 9.30. The molecule has 2 aromatic rings. The minimum Gasteiger partial charge on any atom is -0.365 e. The monoisotopic (exact) mass is 508 g/mol. The van der Waals surface area contributed by atoms with Crippen molar-refractivity contribution in [3.63, 3.8) is 0 Å². The first-order valence-electron chi connectivity index (χ1n) is 14.1. The Morgan fingerprint density at radius 3 is 2.63 bits per heavy atom. The van der Waals surface area contributed by atoms with E-state index >= 15 is 0 Å². The van der Waals surface area contributed by atoms with Crippen LogP contribution in [0.2, 0.25) is 0 Å². The van der Waals surface area contributed by atoms with Crippen molar-refractivity contribution in [3.05, 3.63) is 83.5 Å². The molecule has 0 aliphatic carbocycles. The zero-order valence-corrected chi connectivity index (χ0v) is 22.6. The van der Waals surface area contributed by atoms with Gasteiger partial charge in [0.25, 0.3) is 0 Å². The number of nitrogens with zero attached hydrogens (tertiary/aromatic N) is 3. The first-order valence-corrected chi connectivity index (χ1v) is 14.1. The molecule has 2 spiro atoms. The van der Waals surface area contributed by atoms with Crippen molar-refractivity contribution in [1.29, 1.82) is 0 Å². The maximum atomic E-state index is 13.9. The largest absolute Gasteiger partial charge is 0.365 e. The third-order valence-electron chi connectivity index (χ3n) is 10.7. The summed E-state index contributed by atoms with van der Waals surface area (Å²) in [5, 5.41) is 4.01. The topological polar surface area (TPSA) is 51.4 Å². The van der Waals surface area contributed by atoms with Crippen LogP contribution in [0.5, 0.6) is 0 Å². The van der Waals surface area contributed by atoms with Crippen LogP contribution in [0.25, 0.3) is 0 Å². The van der Waals surface area contributed by atoms with Gasteiger partial charge in [0, 0.05) is 43.0 Å². The van der Waals surface area contributed by atoms with E-state index in [1.807, 2.05) is 25.2 Å². The van der Waals surface area contributed by atoms with Crippen LogP contribution < -0.4 is 10.2 Å². The van der Waals surface area contributed by atoms with Crippen molar-refractivity contribution in [2.45, 2.75) is 74.5 Å². The van der Waals surface area contributed by atoms with Crippen molar-refractivity contribution in [2.75, 3.05) is 30.4 Å². The molecule has 8 rings (SSSR count). The fraction of sp³-hybridized carbons (Fsp3) is 0.469. The lowest BCUT2D eigenvalue weighted by Gasteiger charge is -2.62. The minimum atomic E-state index is -0.217. The number of epoxide rings is 1. The Hall–Kier alpha value is -3.09. The molecule has 2 bridgehead atoms. The number of piperidine rings is 1. The quantitative estimate of drug-likeness (QED) is 0.370. The SMILES string of the molecule is CC=CC=CC(=O)N1CC[C@]23c4ccccc4N[C@H]4N(C)c5cccc6c5[C@]42CCN([C@H]6C2OC2(C)C)[C@H]13. The zero-order chi connectivity index (χ0) is 26.0. The van der Waals surface area contributed by atoms with E-state index < -0.39 is 0 Å². The summed E-state index contributed by atoms with van der Waals surface area (Å²) < 4.78 is 6.43. The lowest BCUT2D eigenvalue weighted by molar-refractivity contribution is -0.137. The summed E-state index contributed by atoms with van der Waals surface area (Å²) in [6.45, 7) is 8.10. The van der Waals surface area contributed by atoms with Gasteiger partial charge < -0.3 is 19.9 Å². The number of benzene rings is 2. The summed E-state index contributed by atoms with van der Waals surface area (Å²) in [5.74, 6) is 0.104. The molecule has 6 nitrogen and oxygen atoms in total. The van der Waals surface area contributed by atoms with Gasteiger partial charge in [-0.2, -0.15) is 0 Å².